The molecule has 0 atom stereocenters. The van der Waals surface area contributed by atoms with Crippen molar-refractivity contribution in [2.24, 2.45) is 0 Å². The van der Waals surface area contributed by atoms with E-state index in [2.05, 4.69) is 38.3 Å². The summed E-state index contributed by atoms with van der Waals surface area (Å²) in [4.78, 5) is 0. The first-order valence-electron chi connectivity index (χ1n) is 5.04. The molecule has 0 amide bonds. The molecular weight excluding hydrogens is 216 g/mol. The summed E-state index contributed by atoms with van der Waals surface area (Å²) in [7, 11) is 0. The zero-order valence-corrected chi connectivity index (χ0v) is 10.2. The van der Waals surface area contributed by atoms with Crippen molar-refractivity contribution in [2.75, 3.05) is 0 Å². The molecule has 16 heavy (non-hydrogen) atoms. The minimum atomic E-state index is 0.505. The fraction of sp³-hybridized carbons (Fsp3) is 0.0667. The van der Waals surface area contributed by atoms with Crippen LogP contribution in [0.25, 0.3) is 6.08 Å². The minimum absolute atomic E-state index is 0.505. The van der Waals surface area contributed by atoms with Crippen LogP contribution in [0, 0.1) is 6.92 Å². The van der Waals surface area contributed by atoms with Gasteiger partial charge in [-0.25, -0.2) is 0 Å². The number of aryl methyl sites for hydroxylation is 1. The molecule has 0 saturated heterocycles. The van der Waals surface area contributed by atoms with E-state index in [1.807, 2.05) is 24.3 Å². The van der Waals surface area contributed by atoms with Crippen LogP contribution >= 0.6 is 11.6 Å². The third-order valence-electron chi connectivity index (χ3n) is 2.01. The van der Waals surface area contributed by atoms with Crippen LogP contribution in [0.5, 0.6) is 0 Å². The van der Waals surface area contributed by atoms with Crippen LogP contribution in [0.3, 0.4) is 0 Å². The normalized spacial score (nSPS) is 11.1. The van der Waals surface area contributed by atoms with E-state index >= 15 is 0 Å². The SMILES string of the molecule is C=C(Cl)/C=C\C(=C)/C=C/c1cccc(C)c1. The first-order valence-corrected chi connectivity index (χ1v) is 5.42. The van der Waals surface area contributed by atoms with Gasteiger partial charge in [0.2, 0.25) is 0 Å². The van der Waals surface area contributed by atoms with Gasteiger partial charge in [0, 0.05) is 5.03 Å². The van der Waals surface area contributed by atoms with Crippen LogP contribution in [-0.2, 0) is 0 Å². The number of benzene rings is 1. The lowest BCUT2D eigenvalue weighted by molar-refractivity contribution is 1.46. The van der Waals surface area contributed by atoms with Gasteiger partial charge in [0.05, 0.1) is 0 Å². The summed E-state index contributed by atoms with van der Waals surface area (Å²) in [6.45, 7) is 9.53. The predicted octanol–water partition coefficient (Wildman–Crippen LogP) is 4.87. The molecule has 0 bridgehead atoms. The summed E-state index contributed by atoms with van der Waals surface area (Å²) in [5.74, 6) is 0. The highest BCUT2D eigenvalue weighted by Crippen LogP contribution is 2.09. The molecule has 0 aliphatic heterocycles. The van der Waals surface area contributed by atoms with E-state index in [0.29, 0.717) is 5.03 Å². The Balaban J connectivity index is 2.67. The molecular formula is C15H15Cl. The Morgan fingerprint density at radius 1 is 1.19 bits per heavy atom. The fourth-order valence-corrected chi connectivity index (χ4v) is 1.29. The molecule has 0 fully saturated rings. The highest BCUT2D eigenvalue weighted by Gasteiger charge is 1.87. The van der Waals surface area contributed by atoms with Crippen molar-refractivity contribution >= 4 is 17.7 Å². The third kappa shape index (κ3) is 4.81. The predicted molar refractivity (Wildman–Crippen MR) is 73.5 cm³/mol. The van der Waals surface area contributed by atoms with Gasteiger partial charge in [0.15, 0.2) is 0 Å². The van der Waals surface area contributed by atoms with Crippen molar-refractivity contribution in [1.82, 2.24) is 0 Å². The van der Waals surface area contributed by atoms with Crippen molar-refractivity contribution in [3.05, 3.63) is 77.4 Å². The average Bonchev–Trinajstić information content (AvgIpc) is 2.23. The lowest BCUT2D eigenvalue weighted by Crippen LogP contribution is -1.75. The summed E-state index contributed by atoms with van der Waals surface area (Å²) >= 11 is 5.61. The van der Waals surface area contributed by atoms with Crippen LogP contribution in [-0.4, -0.2) is 0 Å². The van der Waals surface area contributed by atoms with Gasteiger partial charge in [-0.2, -0.15) is 0 Å². The number of rotatable bonds is 4. The van der Waals surface area contributed by atoms with Crippen molar-refractivity contribution in [2.45, 2.75) is 6.92 Å². The molecule has 0 aliphatic rings. The molecule has 0 aromatic heterocycles. The molecule has 0 N–H and O–H groups in total. The highest BCUT2D eigenvalue weighted by atomic mass is 35.5. The van der Waals surface area contributed by atoms with Gasteiger partial charge < -0.3 is 0 Å². The van der Waals surface area contributed by atoms with Gasteiger partial charge in [-0.1, -0.05) is 72.8 Å². The Kier molecular flexibility index (Phi) is 4.81. The van der Waals surface area contributed by atoms with E-state index in [1.165, 1.54) is 11.1 Å². The molecule has 1 rings (SSSR count). The zero-order valence-electron chi connectivity index (χ0n) is 9.41. The summed E-state index contributed by atoms with van der Waals surface area (Å²) in [5.41, 5.74) is 3.31. The lowest BCUT2D eigenvalue weighted by atomic mass is 10.1. The maximum atomic E-state index is 5.61. The van der Waals surface area contributed by atoms with Crippen molar-refractivity contribution in [3.8, 4) is 0 Å². The smallest absolute Gasteiger partial charge is 0.0334 e. The fourth-order valence-electron chi connectivity index (χ4n) is 1.23. The van der Waals surface area contributed by atoms with Gasteiger partial charge in [0.1, 0.15) is 0 Å². The summed E-state index contributed by atoms with van der Waals surface area (Å²) in [5, 5.41) is 0.505. The second-order valence-electron chi connectivity index (χ2n) is 3.60. The highest BCUT2D eigenvalue weighted by molar-refractivity contribution is 6.30. The van der Waals surface area contributed by atoms with Crippen molar-refractivity contribution in [1.29, 1.82) is 0 Å². The largest absolute Gasteiger partial charge is 0.0918 e. The first-order chi connectivity index (χ1) is 7.58. The molecule has 82 valence electrons. The second-order valence-corrected chi connectivity index (χ2v) is 4.09. The van der Waals surface area contributed by atoms with E-state index in [4.69, 9.17) is 11.6 Å². The number of allylic oxidation sites excluding steroid dienone is 5. The van der Waals surface area contributed by atoms with Gasteiger partial charge >= 0.3 is 0 Å². The minimum Gasteiger partial charge on any atom is -0.0918 e. The standard InChI is InChI=1S/C15H15Cl/c1-12(7-9-14(3)16)8-10-15-6-4-5-13(2)11-15/h4-11H,1,3H2,2H3/b9-7-,10-8+. The summed E-state index contributed by atoms with van der Waals surface area (Å²) < 4.78 is 0. The molecule has 0 radical (unpaired) electrons. The molecule has 1 aromatic rings. The van der Waals surface area contributed by atoms with E-state index in [-0.39, 0.29) is 0 Å². The molecule has 0 nitrogen and oxygen atoms in total. The number of halogens is 1. The zero-order chi connectivity index (χ0) is 12.0. The molecule has 1 heteroatoms. The van der Waals surface area contributed by atoms with Crippen LogP contribution in [0.4, 0.5) is 0 Å². The molecule has 0 unspecified atom stereocenters. The number of hydrogen-bond donors (Lipinski definition) is 0. The average molecular weight is 231 g/mol. The lowest BCUT2D eigenvalue weighted by Gasteiger charge is -1.95. The molecule has 0 saturated carbocycles. The van der Waals surface area contributed by atoms with Gasteiger partial charge in [-0.15, -0.1) is 0 Å². The van der Waals surface area contributed by atoms with E-state index in [1.54, 1.807) is 6.08 Å². The molecule has 0 spiro atoms. The Hall–Kier alpha value is -1.53. The van der Waals surface area contributed by atoms with E-state index in [9.17, 15) is 0 Å². The third-order valence-corrected chi connectivity index (χ3v) is 2.14. The monoisotopic (exact) mass is 230 g/mol. The molecule has 1 aromatic carbocycles. The van der Waals surface area contributed by atoms with Crippen LogP contribution < -0.4 is 0 Å². The van der Waals surface area contributed by atoms with Crippen LogP contribution in [0.15, 0.2) is 66.3 Å². The summed E-state index contributed by atoms with van der Waals surface area (Å²) in [6, 6.07) is 8.28. The second kappa shape index (κ2) is 6.14. The molecule has 0 heterocycles. The van der Waals surface area contributed by atoms with Gasteiger partial charge in [-0.05, 0) is 24.1 Å². The Bertz CT molecular complexity index is 450. The van der Waals surface area contributed by atoms with Crippen molar-refractivity contribution < 1.29 is 0 Å². The Morgan fingerprint density at radius 2 is 1.94 bits per heavy atom. The van der Waals surface area contributed by atoms with Gasteiger partial charge in [0.25, 0.3) is 0 Å². The maximum Gasteiger partial charge on any atom is 0.0334 e. The van der Waals surface area contributed by atoms with Crippen LogP contribution in [0.1, 0.15) is 11.1 Å². The van der Waals surface area contributed by atoms with Crippen LogP contribution in [0.2, 0.25) is 0 Å². The first kappa shape index (κ1) is 12.5. The Labute approximate surface area is 102 Å². The number of hydrogen-bond acceptors (Lipinski definition) is 0. The molecule has 0 aliphatic carbocycles. The van der Waals surface area contributed by atoms with Gasteiger partial charge in [-0.3, -0.25) is 0 Å². The summed E-state index contributed by atoms with van der Waals surface area (Å²) in [6.07, 6.45) is 7.54. The van der Waals surface area contributed by atoms with E-state index in [0.717, 1.165) is 5.57 Å². The quantitative estimate of drug-likeness (QED) is 0.648. The van der Waals surface area contributed by atoms with Crippen molar-refractivity contribution in [3.63, 3.8) is 0 Å². The maximum absolute atomic E-state index is 5.61. The van der Waals surface area contributed by atoms with E-state index < -0.39 is 0 Å². The topological polar surface area (TPSA) is 0 Å². The Morgan fingerprint density at radius 3 is 2.56 bits per heavy atom.